The van der Waals surface area contributed by atoms with E-state index in [2.05, 4.69) is 12.2 Å². The van der Waals surface area contributed by atoms with E-state index in [0.717, 1.165) is 24.2 Å². The standard InChI is InChI=1S/C16H23NO3/c1-5-6-12(2)17-16(18)10-7-13-11-14(19-3)8-9-15(13)20-4/h7-12H,5-6H2,1-4H3,(H,17,18)/b10-7+/t12-/m1/s1. The molecule has 4 heteroatoms. The molecule has 0 saturated carbocycles. The van der Waals surface area contributed by atoms with E-state index >= 15 is 0 Å². The van der Waals surface area contributed by atoms with Crippen LogP contribution in [-0.2, 0) is 4.79 Å². The van der Waals surface area contributed by atoms with Gasteiger partial charge in [0.2, 0.25) is 5.91 Å². The summed E-state index contributed by atoms with van der Waals surface area (Å²) in [4.78, 5) is 11.8. The second-order valence-corrected chi connectivity index (χ2v) is 4.64. The average Bonchev–Trinajstić information content (AvgIpc) is 2.44. The molecule has 0 heterocycles. The van der Waals surface area contributed by atoms with Crippen molar-refractivity contribution < 1.29 is 14.3 Å². The Kier molecular flexibility index (Phi) is 6.64. The van der Waals surface area contributed by atoms with Crippen LogP contribution in [0.2, 0.25) is 0 Å². The van der Waals surface area contributed by atoms with E-state index in [-0.39, 0.29) is 11.9 Å². The summed E-state index contributed by atoms with van der Waals surface area (Å²) in [6.45, 7) is 4.10. The molecule has 1 aromatic rings. The minimum absolute atomic E-state index is 0.101. The van der Waals surface area contributed by atoms with Gasteiger partial charge in [0.15, 0.2) is 0 Å². The van der Waals surface area contributed by atoms with Gasteiger partial charge in [-0.15, -0.1) is 0 Å². The molecule has 0 saturated heterocycles. The predicted molar refractivity (Wildman–Crippen MR) is 81.1 cm³/mol. The number of hydrogen-bond donors (Lipinski definition) is 1. The average molecular weight is 277 g/mol. The zero-order chi connectivity index (χ0) is 15.0. The Hall–Kier alpha value is -1.97. The van der Waals surface area contributed by atoms with Gasteiger partial charge in [0, 0.05) is 17.7 Å². The molecule has 0 aliphatic carbocycles. The Morgan fingerprint density at radius 3 is 2.70 bits per heavy atom. The summed E-state index contributed by atoms with van der Waals surface area (Å²) < 4.78 is 10.4. The van der Waals surface area contributed by atoms with Crippen molar-refractivity contribution in [2.45, 2.75) is 32.7 Å². The van der Waals surface area contributed by atoms with E-state index < -0.39 is 0 Å². The molecule has 1 amide bonds. The van der Waals surface area contributed by atoms with Crippen LogP contribution in [0.4, 0.5) is 0 Å². The highest BCUT2D eigenvalue weighted by molar-refractivity contribution is 5.92. The first kappa shape index (κ1) is 16.1. The van der Waals surface area contributed by atoms with Crippen molar-refractivity contribution >= 4 is 12.0 Å². The van der Waals surface area contributed by atoms with E-state index in [4.69, 9.17) is 9.47 Å². The monoisotopic (exact) mass is 277 g/mol. The van der Waals surface area contributed by atoms with Crippen LogP contribution in [0, 0.1) is 0 Å². The van der Waals surface area contributed by atoms with Crippen molar-refractivity contribution in [3.05, 3.63) is 29.8 Å². The van der Waals surface area contributed by atoms with E-state index in [0.29, 0.717) is 5.75 Å². The van der Waals surface area contributed by atoms with Gasteiger partial charge < -0.3 is 14.8 Å². The molecule has 1 atom stereocenters. The van der Waals surface area contributed by atoms with Crippen molar-refractivity contribution in [1.82, 2.24) is 5.32 Å². The van der Waals surface area contributed by atoms with Crippen LogP contribution < -0.4 is 14.8 Å². The first-order valence-corrected chi connectivity index (χ1v) is 6.81. The third kappa shape index (κ3) is 4.96. The molecule has 1 aromatic carbocycles. The molecule has 0 aliphatic heterocycles. The highest BCUT2D eigenvalue weighted by Crippen LogP contribution is 2.24. The Labute approximate surface area is 120 Å². The summed E-state index contributed by atoms with van der Waals surface area (Å²) in [6, 6.07) is 5.65. The molecule has 0 aromatic heterocycles. The van der Waals surface area contributed by atoms with Crippen LogP contribution in [-0.4, -0.2) is 26.2 Å². The van der Waals surface area contributed by atoms with Gasteiger partial charge >= 0.3 is 0 Å². The van der Waals surface area contributed by atoms with Crippen molar-refractivity contribution in [2.75, 3.05) is 14.2 Å². The van der Waals surface area contributed by atoms with Gasteiger partial charge in [-0.3, -0.25) is 4.79 Å². The lowest BCUT2D eigenvalue weighted by molar-refractivity contribution is -0.117. The Bertz CT molecular complexity index is 469. The van der Waals surface area contributed by atoms with E-state index in [9.17, 15) is 4.79 Å². The summed E-state index contributed by atoms with van der Waals surface area (Å²) in [7, 11) is 3.21. The van der Waals surface area contributed by atoms with Gasteiger partial charge in [-0.2, -0.15) is 0 Å². The molecule has 4 nitrogen and oxygen atoms in total. The lowest BCUT2D eigenvalue weighted by atomic mass is 10.1. The molecule has 0 unspecified atom stereocenters. The summed E-state index contributed by atoms with van der Waals surface area (Å²) >= 11 is 0. The quantitative estimate of drug-likeness (QED) is 0.779. The minimum Gasteiger partial charge on any atom is -0.497 e. The smallest absolute Gasteiger partial charge is 0.244 e. The van der Waals surface area contributed by atoms with Crippen molar-refractivity contribution in [3.8, 4) is 11.5 Å². The van der Waals surface area contributed by atoms with Crippen LogP contribution in [0.15, 0.2) is 24.3 Å². The summed E-state index contributed by atoms with van der Waals surface area (Å²) in [6.07, 6.45) is 5.27. The summed E-state index contributed by atoms with van der Waals surface area (Å²) in [5.41, 5.74) is 0.810. The molecule has 0 spiro atoms. The molecule has 0 bridgehead atoms. The Morgan fingerprint density at radius 1 is 1.35 bits per heavy atom. The SMILES string of the molecule is CCC[C@@H](C)NC(=O)/C=C/c1cc(OC)ccc1OC. The number of amides is 1. The number of ether oxygens (including phenoxy) is 2. The van der Waals surface area contributed by atoms with E-state index in [1.54, 1.807) is 20.3 Å². The normalized spacial score (nSPS) is 12.2. The largest absolute Gasteiger partial charge is 0.497 e. The first-order valence-electron chi connectivity index (χ1n) is 6.81. The fourth-order valence-electron chi connectivity index (χ4n) is 1.93. The lowest BCUT2D eigenvalue weighted by Crippen LogP contribution is -2.30. The number of benzene rings is 1. The molecule has 20 heavy (non-hydrogen) atoms. The van der Waals surface area contributed by atoms with Crippen molar-refractivity contribution in [1.29, 1.82) is 0 Å². The third-order valence-electron chi connectivity index (χ3n) is 2.96. The van der Waals surface area contributed by atoms with Gasteiger partial charge in [0.05, 0.1) is 14.2 Å². The molecule has 110 valence electrons. The van der Waals surface area contributed by atoms with Gasteiger partial charge in [-0.25, -0.2) is 0 Å². The second-order valence-electron chi connectivity index (χ2n) is 4.64. The fourth-order valence-corrected chi connectivity index (χ4v) is 1.93. The highest BCUT2D eigenvalue weighted by atomic mass is 16.5. The van der Waals surface area contributed by atoms with Gasteiger partial charge in [0.1, 0.15) is 11.5 Å². The molecule has 0 aliphatic rings. The number of carbonyl (C=O) groups is 1. The molecular weight excluding hydrogens is 254 g/mol. The number of nitrogens with one attached hydrogen (secondary N) is 1. The van der Waals surface area contributed by atoms with Crippen LogP contribution >= 0.6 is 0 Å². The van der Waals surface area contributed by atoms with Crippen LogP contribution in [0.1, 0.15) is 32.3 Å². The van der Waals surface area contributed by atoms with Crippen molar-refractivity contribution in [2.24, 2.45) is 0 Å². The number of rotatable bonds is 7. The topological polar surface area (TPSA) is 47.6 Å². The maximum Gasteiger partial charge on any atom is 0.244 e. The zero-order valence-corrected chi connectivity index (χ0v) is 12.6. The Balaban J connectivity index is 2.75. The minimum atomic E-state index is -0.101. The zero-order valence-electron chi connectivity index (χ0n) is 12.6. The number of hydrogen-bond acceptors (Lipinski definition) is 3. The molecule has 1 N–H and O–H groups in total. The molecule has 0 fully saturated rings. The van der Waals surface area contributed by atoms with Crippen LogP contribution in [0.5, 0.6) is 11.5 Å². The van der Waals surface area contributed by atoms with Gasteiger partial charge in [0.25, 0.3) is 0 Å². The van der Waals surface area contributed by atoms with Gasteiger partial charge in [-0.1, -0.05) is 13.3 Å². The van der Waals surface area contributed by atoms with Crippen molar-refractivity contribution in [3.63, 3.8) is 0 Å². The maximum atomic E-state index is 11.8. The first-order chi connectivity index (χ1) is 9.60. The molecule has 0 radical (unpaired) electrons. The van der Waals surface area contributed by atoms with Crippen LogP contribution in [0.25, 0.3) is 6.08 Å². The summed E-state index contributed by atoms with van der Waals surface area (Å²) in [5, 5.41) is 2.92. The fraction of sp³-hybridized carbons (Fsp3) is 0.438. The summed E-state index contributed by atoms with van der Waals surface area (Å²) in [5.74, 6) is 1.33. The van der Waals surface area contributed by atoms with E-state index in [1.807, 2.05) is 25.1 Å². The molecular formula is C16H23NO3. The highest BCUT2D eigenvalue weighted by Gasteiger charge is 2.05. The molecule has 1 rings (SSSR count). The number of methoxy groups -OCH3 is 2. The van der Waals surface area contributed by atoms with Crippen LogP contribution in [0.3, 0.4) is 0 Å². The third-order valence-corrected chi connectivity index (χ3v) is 2.96. The number of carbonyl (C=O) groups excluding carboxylic acids is 1. The maximum absolute atomic E-state index is 11.8. The van der Waals surface area contributed by atoms with E-state index in [1.165, 1.54) is 6.08 Å². The Morgan fingerprint density at radius 2 is 2.10 bits per heavy atom. The van der Waals surface area contributed by atoms with Gasteiger partial charge in [-0.05, 0) is 37.6 Å². The lowest BCUT2D eigenvalue weighted by Gasteiger charge is -2.10. The predicted octanol–water partition coefficient (Wildman–Crippen LogP) is 3.02. The second kappa shape index (κ2) is 8.25.